The third-order valence-corrected chi connectivity index (χ3v) is 6.70. The van der Waals surface area contributed by atoms with E-state index >= 15 is 0 Å². The molecule has 0 bridgehead atoms. The van der Waals surface area contributed by atoms with Crippen molar-refractivity contribution in [2.24, 2.45) is 12.0 Å². The molecule has 4 rings (SSSR count). The predicted molar refractivity (Wildman–Crippen MR) is 144 cm³/mol. The molecule has 2 aromatic rings. The van der Waals surface area contributed by atoms with Crippen molar-refractivity contribution < 1.29 is 4.74 Å². The number of aromatic nitrogens is 3. The van der Waals surface area contributed by atoms with Gasteiger partial charge in [-0.3, -0.25) is 0 Å². The van der Waals surface area contributed by atoms with Crippen molar-refractivity contribution in [2.75, 3.05) is 25.1 Å². The first-order valence-corrected chi connectivity index (χ1v) is 11.9. The maximum atomic E-state index is 5.60. The maximum absolute atomic E-state index is 5.60. The van der Waals surface area contributed by atoms with Crippen molar-refractivity contribution in [1.29, 1.82) is 0 Å². The van der Waals surface area contributed by atoms with Gasteiger partial charge in [0.2, 0.25) is 0 Å². The summed E-state index contributed by atoms with van der Waals surface area (Å²) in [6, 6.07) is 9.10. The van der Waals surface area contributed by atoms with Gasteiger partial charge in [0.05, 0.1) is 12.8 Å². The van der Waals surface area contributed by atoms with E-state index in [0.717, 1.165) is 55.0 Å². The number of nitrogens with zero attached hydrogens (tertiary/aromatic N) is 5. The van der Waals surface area contributed by atoms with E-state index in [4.69, 9.17) is 9.73 Å². The third-order valence-electron chi connectivity index (χ3n) is 6.70. The fourth-order valence-electron chi connectivity index (χ4n) is 4.71. The predicted octanol–water partition coefficient (Wildman–Crippen LogP) is 3.79. The minimum atomic E-state index is 0. The Morgan fingerprint density at radius 1 is 1.06 bits per heavy atom. The molecule has 2 aliphatic rings. The van der Waals surface area contributed by atoms with Gasteiger partial charge >= 0.3 is 0 Å². The van der Waals surface area contributed by atoms with E-state index in [9.17, 15) is 0 Å². The molecule has 1 aromatic carbocycles. The summed E-state index contributed by atoms with van der Waals surface area (Å²) in [5.41, 5.74) is 1.16. The van der Waals surface area contributed by atoms with Gasteiger partial charge in [0.15, 0.2) is 11.8 Å². The van der Waals surface area contributed by atoms with Crippen LogP contribution in [0.2, 0.25) is 0 Å². The largest absolute Gasteiger partial charge is 0.495 e. The maximum Gasteiger partial charge on any atom is 0.192 e. The minimum Gasteiger partial charge on any atom is -0.495 e. The lowest BCUT2D eigenvalue weighted by Crippen LogP contribution is -2.53. The molecule has 182 valence electrons. The highest BCUT2D eigenvalue weighted by atomic mass is 127. The Hall–Kier alpha value is -2.04. The van der Waals surface area contributed by atoms with Crippen molar-refractivity contribution in [3.05, 3.63) is 35.9 Å². The van der Waals surface area contributed by atoms with Gasteiger partial charge in [-0.15, -0.1) is 34.2 Å². The van der Waals surface area contributed by atoms with E-state index in [2.05, 4.69) is 37.9 Å². The Balaban J connectivity index is 0.00000306. The van der Waals surface area contributed by atoms with Crippen LogP contribution in [0.5, 0.6) is 5.75 Å². The lowest BCUT2D eigenvalue weighted by molar-refractivity contribution is 0.399. The molecule has 2 fully saturated rings. The zero-order valence-corrected chi connectivity index (χ0v) is 22.4. The number of anilines is 1. The Labute approximate surface area is 214 Å². The highest BCUT2D eigenvalue weighted by Gasteiger charge is 2.24. The fourth-order valence-corrected chi connectivity index (χ4v) is 4.71. The molecule has 33 heavy (non-hydrogen) atoms. The number of para-hydroxylation sites is 2. The van der Waals surface area contributed by atoms with Crippen LogP contribution in [0.4, 0.5) is 5.69 Å². The summed E-state index contributed by atoms with van der Waals surface area (Å²) in [4.78, 5) is 7.34. The number of hydrogen-bond donors (Lipinski definition) is 2. The van der Waals surface area contributed by atoms with E-state index in [-0.39, 0.29) is 24.0 Å². The summed E-state index contributed by atoms with van der Waals surface area (Å²) in [6.07, 6.45) is 8.60. The molecule has 0 radical (unpaired) electrons. The number of ether oxygens (including phenoxy) is 1. The molecular weight excluding hydrogens is 529 g/mol. The number of aryl methyl sites for hydroxylation is 1. The topological polar surface area (TPSA) is 79.6 Å². The van der Waals surface area contributed by atoms with Crippen molar-refractivity contribution in [3.8, 4) is 5.75 Å². The van der Waals surface area contributed by atoms with Crippen molar-refractivity contribution in [2.45, 2.75) is 70.5 Å². The molecular formula is C24H38IN7O. The minimum absolute atomic E-state index is 0. The van der Waals surface area contributed by atoms with E-state index in [0.29, 0.717) is 18.6 Å². The Morgan fingerprint density at radius 3 is 2.52 bits per heavy atom. The van der Waals surface area contributed by atoms with Crippen LogP contribution in [0.15, 0.2) is 29.3 Å². The number of guanidine groups is 1. The molecule has 2 heterocycles. The molecule has 1 saturated carbocycles. The SMILES string of the molecule is COc1ccccc1N1CCCC(NC(=NCc2nnc(C)n2C)NC2CCCCC2)C1.I. The van der Waals surface area contributed by atoms with Crippen LogP contribution in [0.3, 0.4) is 0 Å². The Bertz CT molecular complexity index is 910. The number of benzene rings is 1. The van der Waals surface area contributed by atoms with Gasteiger partial charge in [-0.2, -0.15) is 0 Å². The van der Waals surface area contributed by atoms with Crippen LogP contribution in [0.25, 0.3) is 0 Å². The smallest absolute Gasteiger partial charge is 0.192 e. The summed E-state index contributed by atoms with van der Waals surface area (Å²) in [5.74, 6) is 3.61. The fraction of sp³-hybridized carbons (Fsp3) is 0.625. The van der Waals surface area contributed by atoms with Gasteiger partial charge in [-0.25, -0.2) is 4.99 Å². The van der Waals surface area contributed by atoms with Gasteiger partial charge in [0.1, 0.15) is 18.1 Å². The Kier molecular flexibility index (Phi) is 9.64. The molecule has 1 unspecified atom stereocenters. The lowest BCUT2D eigenvalue weighted by Gasteiger charge is -2.36. The van der Waals surface area contributed by atoms with Gasteiger partial charge in [-0.1, -0.05) is 31.4 Å². The average Bonchev–Trinajstić information content (AvgIpc) is 3.15. The van der Waals surface area contributed by atoms with Crippen molar-refractivity contribution >= 4 is 35.6 Å². The molecule has 9 heteroatoms. The van der Waals surface area contributed by atoms with Crippen LogP contribution >= 0.6 is 24.0 Å². The van der Waals surface area contributed by atoms with Gasteiger partial charge in [0, 0.05) is 32.2 Å². The monoisotopic (exact) mass is 567 g/mol. The van der Waals surface area contributed by atoms with E-state index < -0.39 is 0 Å². The zero-order chi connectivity index (χ0) is 22.3. The summed E-state index contributed by atoms with van der Waals surface area (Å²) in [6.45, 7) is 4.45. The van der Waals surface area contributed by atoms with Crippen LogP contribution in [-0.2, 0) is 13.6 Å². The number of halogens is 1. The summed E-state index contributed by atoms with van der Waals surface area (Å²) in [5, 5.41) is 15.9. The van der Waals surface area contributed by atoms with Crippen LogP contribution in [0.1, 0.15) is 56.6 Å². The molecule has 1 aliphatic carbocycles. The van der Waals surface area contributed by atoms with Crippen molar-refractivity contribution in [3.63, 3.8) is 0 Å². The normalized spacial score (nSPS) is 19.7. The van der Waals surface area contributed by atoms with Crippen LogP contribution in [0, 0.1) is 6.92 Å². The first-order valence-electron chi connectivity index (χ1n) is 11.9. The number of aliphatic imine (C=N–C) groups is 1. The molecule has 0 spiro atoms. The van der Waals surface area contributed by atoms with Crippen LogP contribution in [-0.4, -0.2) is 53.0 Å². The molecule has 0 amide bonds. The second-order valence-electron chi connectivity index (χ2n) is 8.97. The summed E-state index contributed by atoms with van der Waals surface area (Å²) in [7, 11) is 3.74. The van der Waals surface area contributed by atoms with Gasteiger partial charge < -0.3 is 24.8 Å². The van der Waals surface area contributed by atoms with Gasteiger partial charge in [-0.05, 0) is 44.7 Å². The Morgan fingerprint density at radius 2 is 1.79 bits per heavy atom. The van der Waals surface area contributed by atoms with Crippen LogP contribution < -0.4 is 20.3 Å². The first-order chi connectivity index (χ1) is 15.6. The molecule has 1 atom stereocenters. The highest BCUT2D eigenvalue weighted by Crippen LogP contribution is 2.30. The zero-order valence-electron chi connectivity index (χ0n) is 20.1. The number of hydrogen-bond acceptors (Lipinski definition) is 5. The van der Waals surface area contributed by atoms with E-state index in [1.165, 1.54) is 32.1 Å². The molecule has 1 aromatic heterocycles. The average molecular weight is 568 g/mol. The van der Waals surface area contributed by atoms with Gasteiger partial charge in [0.25, 0.3) is 0 Å². The number of rotatable bonds is 6. The number of piperidine rings is 1. The second kappa shape index (κ2) is 12.4. The first kappa shape index (κ1) is 25.6. The summed E-state index contributed by atoms with van der Waals surface area (Å²) >= 11 is 0. The molecule has 2 N–H and O–H groups in total. The lowest BCUT2D eigenvalue weighted by atomic mass is 9.96. The quantitative estimate of drug-likeness (QED) is 0.314. The van der Waals surface area contributed by atoms with E-state index in [1.807, 2.05) is 30.7 Å². The molecule has 8 nitrogen and oxygen atoms in total. The number of methoxy groups -OCH3 is 1. The second-order valence-corrected chi connectivity index (χ2v) is 8.97. The third kappa shape index (κ3) is 6.74. The number of nitrogens with one attached hydrogen (secondary N) is 2. The highest BCUT2D eigenvalue weighted by molar-refractivity contribution is 14.0. The summed E-state index contributed by atoms with van der Waals surface area (Å²) < 4.78 is 7.61. The standard InChI is InChI=1S/C24H37N7O.HI/c1-18-28-29-23(30(18)2)16-25-24(26-19-10-5-4-6-11-19)27-20-12-9-15-31(17-20)21-13-7-8-14-22(21)32-3;/h7-8,13-14,19-20H,4-6,9-12,15-17H2,1-3H3,(H2,25,26,27);1H. The molecule has 1 aliphatic heterocycles. The van der Waals surface area contributed by atoms with Crippen molar-refractivity contribution in [1.82, 2.24) is 25.4 Å². The molecule has 1 saturated heterocycles. The van der Waals surface area contributed by atoms with E-state index in [1.54, 1.807) is 7.11 Å².